The van der Waals surface area contributed by atoms with Crippen LogP contribution in [0.25, 0.3) is 10.9 Å². The average molecular weight is 360 g/mol. The second-order valence-electron chi connectivity index (χ2n) is 6.84. The summed E-state index contributed by atoms with van der Waals surface area (Å²) in [5, 5.41) is 0.448. The number of primary amides is 1. The lowest BCUT2D eigenvalue weighted by molar-refractivity contribution is -0.139. The number of benzene rings is 1. The summed E-state index contributed by atoms with van der Waals surface area (Å²) in [6.45, 7) is 0. The molecule has 2 aromatic rings. The minimum atomic E-state index is -0.526. The predicted molar refractivity (Wildman–Crippen MR) is 92.7 cm³/mol. The zero-order valence-corrected chi connectivity index (χ0v) is 14.5. The zero-order chi connectivity index (χ0) is 18.3. The second kappa shape index (κ2) is 6.72. The summed E-state index contributed by atoms with van der Waals surface area (Å²) in [7, 11) is 1.44. The third-order valence-corrected chi connectivity index (χ3v) is 5.14. The number of nitrogens with two attached hydrogens (primary N) is 1. The topological polar surface area (TPSA) is 83.7 Å². The van der Waals surface area contributed by atoms with Crippen molar-refractivity contribution in [1.82, 2.24) is 4.98 Å². The first-order valence-corrected chi connectivity index (χ1v) is 8.82. The van der Waals surface area contributed by atoms with E-state index in [4.69, 9.17) is 19.9 Å². The molecule has 6 nitrogen and oxygen atoms in total. The van der Waals surface area contributed by atoms with E-state index in [1.54, 1.807) is 18.3 Å². The number of carbonyl (C=O) groups is 1. The highest BCUT2D eigenvalue weighted by Gasteiger charge is 2.33. The standard InChI is InChI=1S/C19H21FN2O4/c1-24-14-6-5-13-17(18(14)20)12-8-11(26-16(12)9-22-13)7-10-3-2-4-15(25-10)19(21)23/h5-6,9-11,15H,2-4,7-8H2,1H3,(H2,21,23)/t10-,11?,15?/m0/s1. The molecule has 4 rings (SSSR count). The molecule has 3 atom stereocenters. The molecule has 1 amide bonds. The fourth-order valence-electron chi connectivity index (χ4n) is 3.89. The Morgan fingerprint density at radius 2 is 2.23 bits per heavy atom. The highest BCUT2D eigenvalue weighted by atomic mass is 19.1. The quantitative estimate of drug-likeness (QED) is 0.906. The number of ether oxygens (including phenoxy) is 3. The van der Waals surface area contributed by atoms with Crippen LogP contribution in [0.5, 0.6) is 11.5 Å². The molecule has 2 aliphatic rings. The fourth-order valence-corrected chi connectivity index (χ4v) is 3.89. The van der Waals surface area contributed by atoms with Crippen molar-refractivity contribution in [2.24, 2.45) is 5.73 Å². The summed E-state index contributed by atoms with van der Waals surface area (Å²) in [5.41, 5.74) is 6.74. The maximum Gasteiger partial charge on any atom is 0.246 e. The molecule has 0 radical (unpaired) electrons. The van der Waals surface area contributed by atoms with Gasteiger partial charge in [-0.3, -0.25) is 9.78 Å². The number of amides is 1. The molecule has 0 aliphatic carbocycles. The second-order valence-corrected chi connectivity index (χ2v) is 6.84. The van der Waals surface area contributed by atoms with Crippen molar-refractivity contribution >= 4 is 16.8 Å². The van der Waals surface area contributed by atoms with E-state index in [9.17, 15) is 9.18 Å². The number of rotatable bonds is 4. The molecule has 1 aromatic carbocycles. The number of methoxy groups -OCH3 is 1. The monoisotopic (exact) mass is 360 g/mol. The van der Waals surface area contributed by atoms with E-state index in [0.29, 0.717) is 35.9 Å². The van der Waals surface area contributed by atoms with Crippen LogP contribution in [0.2, 0.25) is 0 Å². The molecular formula is C19H21FN2O4. The molecule has 1 fully saturated rings. The summed E-state index contributed by atoms with van der Waals surface area (Å²) in [6, 6.07) is 3.32. The van der Waals surface area contributed by atoms with Crippen LogP contribution in [-0.4, -0.2) is 36.3 Å². The Morgan fingerprint density at radius 3 is 3.00 bits per heavy atom. The molecule has 138 valence electrons. The van der Waals surface area contributed by atoms with Gasteiger partial charge in [0.1, 0.15) is 18.0 Å². The van der Waals surface area contributed by atoms with E-state index in [0.717, 1.165) is 18.4 Å². The van der Waals surface area contributed by atoms with Gasteiger partial charge >= 0.3 is 0 Å². The van der Waals surface area contributed by atoms with Gasteiger partial charge in [0.15, 0.2) is 11.6 Å². The van der Waals surface area contributed by atoms with Gasteiger partial charge in [0.2, 0.25) is 5.91 Å². The predicted octanol–water partition coefficient (Wildman–Crippen LogP) is 2.50. The number of nitrogens with zero attached hydrogens (tertiary/aromatic N) is 1. The van der Waals surface area contributed by atoms with E-state index in [1.165, 1.54) is 7.11 Å². The van der Waals surface area contributed by atoms with Crippen molar-refractivity contribution in [1.29, 1.82) is 0 Å². The van der Waals surface area contributed by atoms with Crippen molar-refractivity contribution in [3.63, 3.8) is 0 Å². The average Bonchev–Trinajstić information content (AvgIpc) is 3.04. The zero-order valence-electron chi connectivity index (χ0n) is 14.5. The number of hydrogen-bond acceptors (Lipinski definition) is 5. The van der Waals surface area contributed by atoms with Gasteiger partial charge in [-0.25, -0.2) is 4.39 Å². The van der Waals surface area contributed by atoms with Crippen LogP contribution in [0, 0.1) is 5.82 Å². The number of carbonyl (C=O) groups excluding carboxylic acids is 1. The third kappa shape index (κ3) is 2.96. The summed E-state index contributed by atoms with van der Waals surface area (Å²) in [4.78, 5) is 15.7. The van der Waals surface area contributed by atoms with Crippen LogP contribution in [0.4, 0.5) is 4.39 Å². The van der Waals surface area contributed by atoms with Crippen LogP contribution < -0.4 is 15.2 Å². The molecule has 0 spiro atoms. The Morgan fingerprint density at radius 1 is 1.38 bits per heavy atom. The smallest absolute Gasteiger partial charge is 0.246 e. The maximum absolute atomic E-state index is 14.8. The van der Waals surface area contributed by atoms with Crippen molar-refractivity contribution in [2.75, 3.05) is 7.11 Å². The lowest BCUT2D eigenvalue weighted by Gasteiger charge is -2.29. The van der Waals surface area contributed by atoms with Crippen LogP contribution in [0.1, 0.15) is 31.2 Å². The Labute approximate surface area is 150 Å². The molecule has 7 heteroatoms. The van der Waals surface area contributed by atoms with Gasteiger partial charge in [-0.1, -0.05) is 0 Å². The molecule has 0 bridgehead atoms. The molecular weight excluding hydrogens is 339 g/mol. The molecule has 1 aromatic heterocycles. The van der Waals surface area contributed by atoms with Crippen LogP contribution in [0.15, 0.2) is 18.3 Å². The first-order chi connectivity index (χ1) is 12.6. The van der Waals surface area contributed by atoms with Gasteiger partial charge in [-0.2, -0.15) is 0 Å². The maximum atomic E-state index is 14.8. The van der Waals surface area contributed by atoms with Gasteiger partial charge in [-0.05, 0) is 31.4 Å². The molecule has 2 aliphatic heterocycles. The summed E-state index contributed by atoms with van der Waals surface area (Å²) in [6.07, 6.45) is 4.51. The fraction of sp³-hybridized carbons (Fsp3) is 0.474. The minimum Gasteiger partial charge on any atom is -0.494 e. The van der Waals surface area contributed by atoms with Gasteiger partial charge in [0, 0.05) is 23.8 Å². The molecule has 26 heavy (non-hydrogen) atoms. The molecule has 2 N–H and O–H groups in total. The Hall–Kier alpha value is -2.41. The number of hydrogen-bond donors (Lipinski definition) is 1. The molecule has 0 saturated carbocycles. The molecule has 2 unspecified atom stereocenters. The van der Waals surface area contributed by atoms with Crippen LogP contribution >= 0.6 is 0 Å². The lowest BCUT2D eigenvalue weighted by atomic mass is 9.96. The SMILES string of the molecule is COc1ccc2ncc3c(c2c1F)CC(C[C@@H]1CCCC(C(N)=O)O1)O3. The van der Waals surface area contributed by atoms with E-state index in [-0.39, 0.29) is 18.0 Å². The van der Waals surface area contributed by atoms with E-state index in [1.807, 2.05) is 0 Å². The Kier molecular flexibility index (Phi) is 4.40. The number of halogens is 1. The summed E-state index contributed by atoms with van der Waals surface area (Å²) >= 11 is 0. The van der Waals surface area contributed by atoms with Gasteiger partial charge in [0.25, 0.3) is 0 Å². The van der Waals surface area contributed by atoms with E-state index in [2.05, 4.69) is 4.98 Å². The van der Waals surface area contributed by atoms with Crippen molar-refractivity contribution in [2.45, 2.75) is 50.4 Å². The van der Waals surface area contributed by atoms with Crippen LogP contribution in [-0.2, 0) is 16.0 Å². The lowest BCUT2D eigenvalue weighted by Crippen LogP contribution is -2.39. The third-order valence-electron chi connectivity index (χ3n) is 5.14. The number of fused-ring (bicyclic) bond motifs is 3. The van der Waals surface area contributed by atoms with Gasteiger partial charge in [-0.15, -0.1) is 0 Å². The largest absolute Gasteiger partial charge is 0.494 e. The van der Waals surface area contributed by atoms with Crippen LogP contribution in [0.3, 0.4) is 0 Å². The number of aromatic nitrogens is 1. The minimum absolute atomic E-state index is 0.0841. The van der Waals surface area contributed by atoms with Gasteiger partial charge < -0.3 is 19.9 Å². The molecule has 1 saturated heterocycles. The van der Waals surface area contributed by atoms with Gasteiger partial charge in [0.05, 0.1) is 24.9 Å². The Bertz CT molecular complexity index is 857. The van der Waals surface area contributed by atoms with Crippen molar-refractivity contribution < 1.29 is 23.4 Å². The van der Waals surface area contributed by atoms with Crippen molar-refractivity contribution in [3.8, 4) is 11.5 Å². The molecule has 3 heterocycles. The highest BCUT2D eigenvalue weighted by Crippen LogP contribution is 2.39. The summed E-state index contributed by atoms with van der Waals surface area (Å²) < 4.78 is 31.6. The highest BCUT2D eigenvalue weighted by molar-refractivity contribution is 5.86. The normalized spacial score (nSPS) is 24.9. The first kappa shape index (κ1) is 17.0. The van der Waals surface area contributed by atoms with Crippen molar-refractivity contribution in [3.05, 3.63) is 29.7 Å². The number of pyridine rings is 1. The summed E-state index contributed by atoms with van der Waals surface area (Å²) in [5.74, 6) is -0.0519. The Balaban J connectivity index is 1.55. The van der Waals surface area contributed by atoms with E-state index >= 15 is 0 Å². The van der Waals surface area contributed by atoms with E-state index < -0.39 is 17.8 Å². The first-order valence-electron chi connectivity index (χ1n) is 8.82.